The first-order valence-corrected chi connectivity index (χ1v) is 2.00. The van der Waals surface area contributed by atoms with Crippen LogP contribution < -0.4 is 0 Å². The molecule has 8 radical (unpaired) electrons. The van der Waals surface area contributed by atoms with Crippen LogP contribution in [0, 0.1) is 29.7 Å². The fraction of sp³-hybridized carbons (Fsp3) is 0.500. The average molecular weight is 320 g/mol. The Bertz CT molecular complexity index is 15.0. The summed E-state index contributed by atoms with van der Waals surface area (Å²) >= 11 is 0. The molecule has 0 aliphatic carbocycles. The Morgan fingerprint density at radius 2 is 0.417 bits per heavy atom. The van der Waals surface area contributed by atoms with E-state index in [0.717, 1.165) is 0 Å². The number of hydrogen-bond donors (Lipinski definition) is 0. The zero-order chi connectivity index (χ0) is 4.00. The quantitative estimate of drug-likeness (QED) is 0.475. The van der Waals surface area contributed by atoms with Crippen LogP contribution in [0.2, 0.25) is 0 Å². The normalized spacial score (nSPS) is 1.00. The van der Waals surface area contributed by atoms with E-state index < -0.39 is 0 Å². The Hall–Kier alpha value is 2.34. The Morgan fingerprint density at radius 3 is 0.417 bits per heavy atom. The summed E-state index contributed by atoms with van der Waals surface area (Å²) in [5, 5.41) is 0. The van der Waals surface area contributed by atoms with Crippen molar-refractivity contribution in [1.82, 2.24) is 0 Å². The molecule has 0 unspecified atom stereocenters. The third-order valence-electron chi connectivity index (χ3n) is 0. The summed E-state index contributed by atoms with van der Waals surface area (Å²) in [7, 11) is 0. The second kappa shape index (κ2) is 372. The molecule has 0 atom stereocenters. The van der Waals surface area contributed by atoms with Gasteiger partial charge in [0.1, 0.15) is 0 Å². The minimum atomic E-state index is 0. The van der Waals surface area contributed by atoms with Crippen molar-refractivity contribution >= 4 is 16.8 Å². The molecular formula is C8H24B2Y2-4. The first-order chi connectivity index (χ1) is 2.00. The molecule has 0 aromatic rings. The van der Waals surface area contributed by atoms with E-state index in [1.807, 2.05) is 27.7 Å². The molecule has 0 spiro atoms. The predicted molar refractivity (Wildman–Crippen MR) is 59.9 cm³/mol. The summed E-state index contributed by atoms with van der Waals surface area (Å²) in [6, 6.07) is 0. The van der Waals surface area contributed by atoms with Crippen LogP contribution in [0.4, 0.5) is 0 Å². The van der Waals surface area contributed by atoms with Gasteiger partial charge in [0.15, 0.2) is 0 Å². The van der Waals surface area contributed by atoms with Crippen LogP contribution in [0.3, 0.4) is 0 Å². The molecule has 0 heterocycles. The molecule has 4 heteroatoms. The van der Waals surface area contributed by atoms with Gasteiger partial charge in [-0.1, -0.05) is 27.7 Å². The van der Waals surface area contributed by atoms with Crippen LogP contribution in [0.15, 0.2) is 0 Å². The van der Waals surface area contributed by atoms with Crippen molar-refractivity contribution in [3.8, 4) is 0 Å². The number of rotatable bonds is 0. The maximum atomic E-state index is 2.00. The summed E-state index contributed by atoms with van der Waals surface area (Å²) in [6.45, 7) is 8.00. The Labute approximate surface area is 138 Å². The van der Waals surface area contributed by atoms with E-state index in [1.165, 1.54) is 0 Å². The average Bonchev–Trinajstić information content (AvgIpc) is 1.50. The van der Waals surface area contributed by atoms with Gasteiger partial charge in [-0.15, -0.1) is 0 Å². The fourth-order valence-corrected chi connectivity index (χ4v) is 0. The summed E-state index contributed by atoms with van der Waals surface area (Å²) in [5.74, 6) is 0. The summed E-state index contributed by atoms with van der Waals surface area (Å²) in [4.78, 5) is 0. The molecule has 0 amide bonds. The van der Waals surface area contributed by atoms with Crippen molar-refractivity contribution in [2.45, 2.75) is 27.7 Å². The standard InChI is InChI=1S/2C2H6.4CH3.2B.2Y/c2*1-2;;;;;;;;/h2*1-2H3;4*1H3;;;;/q;;4*-1;;;;. The van der Waals surface area contributed by atoms with Crippen LogP contribution >= 0.6 is 0 Å². The van der Waals surface area contributed by atoms with Gasteiger partial charge in [-0.05, 0) is 0 Å². The summed E-state index contributed by atoms with van der Waals surface area (Å²) in [5.41, 5.74) is 0. The molecule has 0 aliphatic heterocycles. The smallest absolute Gasteiger partial charge is 0 e. The van der Waals surface area contributed by atoms with Gasteiger partial charge in [-0.3, -0.25) is 0 Å². The maximum absolute atomic E-state index is 2.00. The van der Waals surface area contributed by atoms with Gasteiger partial charge in [0.2, 0.25) is 0 Å². The van der Waals surface area contributed by atoms with Gasteiger partial charge in [0.25, 0.3) is 0 Å². The topological polar surface area (TPSA) is 0 Å². The van der Waals surface area contributed by atoms with E-state index in [4.69, 9.17) is 0 Å². The van der Waals surface area contributed by atoms with Gasteiger partial charge in [-0.25, -0.2) is 0 Å². The van der Waals surface area contributed by atoms with Crippen LogP contribution in [0.1, 0.15) is 27.7 Å². The van der Waals surface area contributed by atoms with E-state index in [2.05, 4.69) is 0 Å². The molecule has 0 aromatic carbocycles. The molecule has 0 nitrogen and oxygen atoms in total. The predicted octanol–water partition coefficient (Wildman–Crippen LogP) is 3.09. The van der Waals surface area contributed by atoms with Gasteiger partial charge in [0, 0.05) is 82.2 Å². The molecule has 12 heavy (non-hydrogen) atoms. The number of hydrogen-bond acceptors (Lipinski definition) is 0. The Morgan fingerprint density at radius 1 is 0.417 bits per heavy atom. The van der Waals surface area contributed by atoms with Crippen molar-refractivity contribution in [1.29, 1.82) is 0 Å². The molecule has 72 valence electrons. The Kier molecular flexibility index (Phi) is 4200. The first-order valence-electron chi connectivity index (χ1n) is 2.00. The van der Waals surface area contributed by atoms with Crippen molar-refractivity contribution in [2.24, 2.45) is 0 Å². The third-order valence-corrected chi connectivity index (χ3v) is 0. The van der Waals surface area contributed by atoms with Gasteiger partial charge >= 0.3 is 0 Å². The van der Waals surface area contributed by atoms with Crippen LogP contribution in [0.25, 0.3) is 0 Å². The van der Waals surface area contributed by atoms with Crippen molar-refractivity contribution in [3.63, 3.8) is 0 Å². The molecule has 0 saturated heterocycles. The molecule has 0 fully saturated rings. The van der Waals surface area contributed by atoms with E-state index in [9.17, 15) is 0 Å². The maximum Gasteiger partial charge on any atom is 0 e. The molecule has 0 aliphatic rings. The molecule has 0 bridgehead atoms. The van der Waals surface area contributed by atoms with Gasteiger partial charge in [-0.2, -0.15) is 0 Å². The van der Waals surface area contributed by atoms with Crippen molar-refractivity contribution in [2.75, 3.05) is 0 Å². The van der Waals surface area contributed by atoms with Crippen LogP contribution in [0.5, 0.6) is 0 Å². The monoisotopic (exact) mass is 320 g/mol. The van der Waals surface area contributed by atoms with Gasteiger partial charge in [0.05, 0.1) is 0 Å². The minimum absolute atomic E-state index is 0. The molecule has 0 saturated carbocycles. The Balaban J connectivity index is -0.000000000500. The largest absolute Gasteiger partial charge is 0.358 e. The van der Waals surface area contributed by atoms with Crippen molar-refractivity contribution < 1.29 is 65.4 Å². The van der Waals surface area contributed by atoms with E-state index in [0.29, 0.717) is 0 Å². The zero-order valence-corrected chi connectivity index (χ0v) is 16.0. The van der Waals surface area contributed by atoms with E-state index in [1.54, 1.807) is 0 Å². The second-order valence-corrected chi connectivity index (χ2v) is 0. The van der Waals surface area contributed by atoms with Crippen molar-refractivity contribution in [3.05, 3.63) is 29.7 Å². The zero-order valence-electron chi connectivity index (χ0n) is 10.3. The second-order valence-electron chi connectivity index (χ2n) is 0. The first kappa shape index (κ1) is 136. The van der Waals surface area contributed by atoms with E-state index >= 15 is 0 Å². The summed E-state index contributed by atoms with van der Waals surface area (Å²) in [6.07, 6.45) is 0. The van der Waals surface area contributed by atoms with E-state index in [-0.39, 0.29) is 112 Å². The van der Waals surface area contributed by atoms with Crippen LogP contribution in [-0.4, -0.2) is 16.8 Å². The van der Waals surface area contributed by atoms with Crippen LogP contribution in [-0.2, 0) is 65.4 Å². The van der Waals surface area contributed by atoms with Gasteiger partial charge < -0.3 is 29.7 Å². The fourth-order valence-electron chi connectivity index (χ4n) is 0. The molecule has 0 rings (SSSR count). The minimum Gasteiger partial charge on any atom is -0.358 e. The summed E-state index contributed by atoms with van der Waals surface area (Å²) < 4.78 is 0. The molecular weight excluding hydrogens is 296 g/mol. The third kappa shape index (κ3) is 290. The molecule has 0 N–H and O–H groups in total. The SMILES string of the molecule is CC.CC.[B].[B].[CH3-].[CH3-].[CH3-].[CH3-].[Y].[Y]. The molecule has 0 aromatic heterocycles.